The van der Waals surface area contributed by atoms with Gasteiger partial charge in [0.25, 0.3) is 0 Å². The molecule has 0 saturated carbocycles. The monoisotopic (exact) mass is 282 g/mol. The summed E-state index contributed by atoms with van der Waals surface area (Å²) in [4.78, 5) is 15.4. The molecule has 0 spiro atoms. The molecule has 2 N–H and O–H groups in total. The number of hydrogen-bond acceptors (Lipinski definition) is 4. The van der Waals surface area contributed by atoms with E-state index < -0.39 is 5.97 Å². The number of rotatable bonds is 3. The van der Waals surface area contributed by atoms with Crippen molar-refractivity contribution in [3.63, 3.8) is 0 Å². The average molecular weight is 282 g/mol. The molecule has 106 valence electrons. The lowest BCUT2D eigenvalue weighted by molar-refractivity contribution is 0.0697. The summed E-state index contributed by atoms with van der Waals surface area (Å²) in [7, 11) is 1.85. The summed E-state index contributed by atoms with van der Waals surface area (Å²) in [5.74, 6) is 0.534. The van der Waals surface area contributed by atoms with Crippen LogP contribution in [0, 0.1) is 6.92 Å². The third-order valence-corrected chi connectivity index (χ3v) is 3.23. The van der Waals surface area contributed by atoms with Gasteiger partial charge in [0.2, 0.25) is 0 Å². The van der Waals surface area contributed by atoms with Crippen LogP contribution < -0.4 is 5.32 Å². The molecule has 6 heteroatoms. The number of aromatic carboxylic acids is 1. The molecular formula is C15H14N4O2. The number of benzene rings is 1. The van der Waals surface area contributed by atoms with Crippen molar-refractivity contribution in [2.45, 2.75) is 6.92 Å². The van der Waals surface area contributed by atoms with E-state index >= 15 is 0 Å². The zero-order valence-corrected chi connectivity index (χ0v) is 11.7. The fourth-order valence-corrected chi connectivity index (χ4v) is 2.20. The molecule has 0 aliphatic heterocycles. The van der Waals surface area contributed by atoms with Crippen LogP contribution >= 0.6 is 0 Å². The summed E-state index contributed by atoms with van der Waals surface area (Å²) >= 11 is 0. The Morgan fingerprint density at radius 3 is 2.71 bits per heavy atom. The number of nitrogens with zero attached hydrogens (tertiary/aromatic N) is 3. The van der Waals surface area contributed by atoms with Crippen LogP contribution in [0.2, 0.25) is 0 Å². The predicted molar refractivity (Wildman–Crippen MR) is 79.9 cm³/mol. The van der Waals surface area contributed by atoms with E-state index in [1.54, 1.807) is 29.1 Å². The summed E-state index contributed by atoms with van der Waals surface area (Å²) in [6.07, 6.45) is 1.71. The van der Waals surface area contributed by atoms with E-state index in [4.69, 9.17) is 5.11 Å². The molecule has 0 bridgehead atoms. The Morgan fingerprint density at radius 1 is 1.24 bits per heavy atom. The standard InChI is InChI=1S/C15H14N4O2/c1-9-5-14(19(2)18-9)17-13-7-12-6-10(15(20)21)3-4-11(12)8-16-13/h3-8H,1-2H3,(H,16,17)(H,20,21). The Bertz CT molecular complexity index is 839. The van der Waals surface area contributed by atoms with E-state index in [1.165, 1.54) is 0 Å². The van der Waals surface area contributed by atoms with E-state index in [0.29, 0.717) is 5.82 Å². The van der Waals surface area contributed by atoms with Crippen molar-refractivity contribution in [3.05, 3.63) is 47.8 Å². The maximum absolute atomic E-state index is 11.0. The second kappa shape index (κ2) is 4.90. The first-order valence-corrected chi connectivity index (χ1v) is 6.44. The molecule has 21 heavy (non-hydrogen) atoms. The van der Waals surface area contributed by atoms with Gasteiger partial charge in [0.05, 0.1) is 11.3 Å². The van der Waals surface area contributed by atoms with Crippen LogP contribution in [0.15, 0.2) is 36.5 Å². The van der Waals surface area contributed by atoms with Crippen LogP contribution in [-0.4, -0.2) is 25.8 Å². The van der Waals surface area contributed by atoms with Gasteiger partial charge in [-0.15, -0.1) is 0 Å². The zero-order chi connectivity index (χ0) is 15.0. The van der Waals surface area contributed by atoms with Crippen LogP contribution in [-0.2, 0) is 7.05 Å². The number of fused-ring (bicyclic) bond motifs is 1. The highest BCUT2D eigenvalue weighted by Crippen LogP contribution is 2.21. The van der Waals surface area contributed by atoms with Crippen LogP contribution in [0.3, 0.4) is 0 Å². The van der Waals surface area contributed by atoms with Crippen molar-refractivity contribution in [3.8, 4) is 0 Å². The number of hydrogen-bond donors (Lipinski definition) is 2. The third-order valence-electron chi connectivity index (χ3n) is 3.23. The molecule has 2 aromatic heterocycles. The lowest BCUT2D eigenvalue weighted by Crippen LogP contribution is -2.01. The molecule has 0 radical (unpaired) electrons. The topological polar surface area (TPSA) is 80.0 Å². The predicted octanol–water partition coefficient (Wildman–Crippen LogP) is 2.72. The first-order valence-electron chi connectivity index (χ1n) is 6.44. The van der Waals surface area contributed by atoms with Gasteiger partial charge in [0.1, 0.15) is 11.6 Å². The van der Waals surface area contributed by atoms with Gasteiger partial charge in [-0.05, 0) is 30.5 Å². The number of nitrogens with one attached hydrogen (secondary N) is 1. The molecule has 0 fully saturated rings. The number of pyridine rings is 1. The summed E-state index contributed by atoms with van der Waals surface area (Å²) in [5.41, 5.74) is 1.17. The number of aromatic nitrogens is 3. The molecule has 0 saturated heterocycles. The van der Waals surface area contributed by atoms with Crippen LogP contribution in [0.5, 0.6) is 0 Å². The number of carboxylic acid groups (broad SMARTS) is 1. The normalized spacial score (nSPS) is 10.8. The minimum absolute atomic E-state index is 0.260. The summed E-state index contributed by atoms with van der Waals surface area (Å²) < 4.78 is 1.73. The zero-order valence-electron chi connectivity index (χ0n) is 11.7. The fraction of sp³-hybridized carbons (Fsp3) is 0.133. The van der Waals surface area contributed by atoms with E-state index in [1.807, 2.05) is 26.1 Å². The molecule has 3 rings (SSSR count). The first-order chi connectivity index (χ1) is 10.0. The van der Waals surface area contributed by atoms with E-state index in [9.17, 15) is 4.79 Å². The Balaban J connectivity index is 1.99. The van der Waals surface area contributed by atoms with Crippen LogP contribution in [0.25, 0.3) is 10.8 Å². The van der Waals surface area contributed by atoms with Crippen LogP contribution in [0.4, 0.5) is 11.6 Å². The van der Waals surface area contributed by atoms with Gasteiger partial charge in [-0.2, -0.15) is 5.10 Å². The lowest BCUT2D eigenvalue weighted by atomic mass is 10.1. The van der Waals surface area contributed by atoms with Crippen molar-refractivity contribution in [2.75, 3.05) is 5.32 Å². The van der Waals surface area contributed by atoms with Gasteiger partial charge in [-0.1, -0.05) is 6.07 Å². The molecule has 0 unspecified atom stereocenters. The van der Waals surface area contributed by atoms with Gasteiger partial charge in [-0.25, -0.2) is 9.78 Å². The van der Waals surface area contributed by atoms with Gasteiger partial charge in [-0.3, -0.25) is 4.68 Å². The van der Waals surface area contributed by atoms with Gasteiger partial charge in [0, 0.05) is 24.7 Å². The Hall–Kier alpha value is -2.89. The molecule has 3 aromatic rings. The summed E-state index contributed by atoms with van der Waals surface area (Å²) in [6.45, 7) is 1.91. The molecule has 0 atom stereocenters. The molecule has 6 nitrogen and oxygen atoms in total. The van der Waals surface area contributed by atoms with E-state index in [2.05, 4.69) is 15.4 Å². The Kier molecular flexibility index (Phi) is 3.06. The van der Waals surface area contributed by atoms with Gasteiger partial charge < -0.3 is 10.4 Å². The molecule has 2 heterocycles. The minimum Gasteiger partial charge on any atom is -0.478 e. The maximum atomic E-state index is 11.0. The first kappa shape index (κ1) is 13.1. The molecule has 0 amide bonds. The fourth-order valence-electron chi connectivity index (χ4n) is 2.20. The van der Waals surface area contributed by atoms with E-state index in [0.717, 1.165) is 22.3 Å². The maximum Gasteiger partial charge on any atom is 0.335 e. The van der Waals surface area contributed by atoms with Crippen molar-refractivity contribution >= 4 is 28.4 Å². The molecule has 1 aromatic carbocycles. The highest BCUT2D eigenvalue weighted by atomic mass is 16.4. The smallest absolute Gasteiger partial charge is 0.335 e. The summed E-state index contributed by atoms with van der Waals surface area (Å²) in [6, 6.07) is 8.70. The minimum atomic E-state index is -0.939. The van der Waals surface area contributed by atoms with E-state index in [-0.39, 0.29) is 5.56 Å². The second-order valence-electron chi connectivity index (χ2n) is 4.86. The quantitative estimate of drug-likeness (QED) is 0.772. The number of carbonyl (C=O) groups is 1. The molecule has 0 aliphatic rings. The number of carboxylic acids is 1. The highest BCUT2D eigenvalue weighted by molar-refractivity contribution is 5.94. The largest absolute Gasteiger partial charge is 0.478 e. The van der Waals surface area contributed by atoms with Crippen molar-refractivity contribution in [1.82, 2.24) is 14.8 Å². The van der Waals surface area contributed by atoms with Gasteiger partial charge in [0.15, 0.2) is 0 Å². The van der Waals surface area contributed by atoms with Crippen LogP contribution in [0.1, 0.15) is 16.1 Å². The average Bonchev–Trinajstić information content (AvgIpc) is 2.76. The molecule has 0 aliphatic carbocycles. The second-order valence-corrected chi connectivity index (χ2v) is 4.86. The van der Waals surface area contributed by atoms with Crippen molar-refractivity contribution in [1.29, 1.82) is 0 Å². The Labute approximate surface area is 121 Å². The molecular weight excluding hydrogens is 268 g/mol. The lowest BCUT2D eigenvalue weighted by Gasteiger charge is -2.07. The van der Waals surface area contributed by atoms with Crippen molar-refractivity contribution < 1.29 is 9.90 Å². The SMILES string of the molecule is Cc1cc(Nc2cc3cc(C(=O)O)ccc3cn2)n(C)n1. The van der Waals surface area contributed by atoms with Gasteiger partial charge >= 0.3 is 5.97 Å². The highest BCUT2D eigenvalue weighted by Gasteiger charge is 2.06. The number of aryl methyl sites for hydroxylation is 2. The number of anilines is 2. The third kappa shape index (κ3) is 2.55. The van der Waals surface area contributed by atoms with Crippen molar-refractivity contribution in [2.24, 2.45) is 7.05 Å². The summed E-state index contributed by atoms with van der Waals surface area (Å²) in [5, 5.41) is 18.2. The Morgan fingerprint density at radius 2 is 2.05 bits per heavy atom.